The van der Waals surface area contributed by atoms with Gasteiger partial charge in [0.25, 0.3) is 0 Å². The molecule has 3 nitrogen and oxygen atoms in total. The predicted octanol–water partition coefficient (Wildman–Crippen LogP) is 1.52. The number of carbonyl (C=O) groups is 1. The number of carboxylic acid groups (broad SMARTS) is 1. The Labute approximate surface area is 72.7 Å². The van der Waals surface area contributed by atoms with Crippen LogP contribution >= 0.6 is 0 Å². The van der Waals surface area contributed by atoms with Crippen molar-refractivity contribution in [1.29, 1.82) is 0 Å². The molecule has 1 N–H and O–H groups in total. The summed E-state index contributed by atoms with van der Waals surface area (Å²) in [6.07, 6.45) is 1.56. The molecule has 70 valence electrons. The van der Waals surface area contributed by atoms with E-state index in [4.69, 9.17) is 9.84 Å². The molecule has 0 radical (unpaired) electrons. The van der Waals surface area contributed by atoms with Crippen molar-refractivity contribution in [3.05, 3.63) is 0 Å². The van der Waals surface area contributed by atoms with Crippen molar-refractivity contribution in [3.63, 3.8) is 0 Å². The second kappa shape index (κ2) is 3.44. The summed E-state index contributed by atoms with van der Waals surface area (Å²) in [5, 5.41) is 9.09. The lowest BCUT2D eigenvalue weighted by molar-refractivity contribution is -0.152. The Kier molecular flexibility index (Phi) is 2.73. The van der Waals surface area contributed by atoms with Gasteiger partial charge in [0.15, 0.2) is 0 Å². The minimum atomic E-state index is -0.700. The summed E-state index contributed by atoms with van der Waals surface area (Å²) in [6.45, 7) is 4.99. The molecule has 0 amide bonds. The molecule has 3 heteroatoms. The van der Waals surface area contributed by atoms with Gasteiger partial charge in [0.05, 0.1) is 12.0 Å². The third-order valence-corrected chi connectivity index (χ3v) is 3.03. The first-order valence-corrected chi connectivity index (χ1v) is 4.44. The molecule has 0 aliphatic carbocycles. The molecule has 0 aromatic heterocycles. The van der Waals surface area contributed by atoms with Gasteiger partial charge in [-0.1, -0.05) is 20.3 Å². The van der Waals surface area contributed by atoms with Gasteiger partial charge < -0.3 is 9.84 Å². The standard InChI is InChI=1S/C9H16O3/c1-3-7(2)9(8(10)11)4-5-12-6-9/h7H,3-6H2,1-2H3,(H,10,11). The van der Waals surface area contributed by atoms with Gasteiger partial charge in [0, 0.05) is 6.61 Å². The zero-order valence-electron chi connectivity index (χ0n) is 7.67. The minimum Gasteiger partial charge on any atom is -0.481 e. The molecule has 1 aliphatic heterocycles. The fourth-order valence-corrected chi connectivity index (χ4v) is 1.74. The van der Waals surface area contributed by atoms with Gasteiger partial charge in [-0.05, 0) is 12.3 Å². The molecule has 0 saturated carbocycles. The molecule has 0 spiro atoms. The molecule has 12 heavy (non-hydrogen) atoms. The molecule has 0 aromatic carbocycles. The molecule has 0 bridgehead atoms. The summed E-state index contributed by atoms with van der Waals surface area (Å²) in [4.78, 5) is 11.0. The number of rotatable bonds is 3. The Morgan fingerprint density at radius 2 is 2.42 bits per heavy atom. The Bertz CT molecular complexity index is 171. The molecule has 1 aliphatic rings. The average Bonchev–Trinajstić information content (AvgIpc) is 2.52. The van der Waals surface area contributed by atoms with Crippen molar-refractivity contribution in [1.82, 2.24) is 0 Å². The molecule has 0 aromatic rings. The Morgan fingerprint density at radius 1 is 1.75 bits per heavy atom. The maximum absolute atomic E-state index is 11.0. The maximum atomic E-state index is 11.0. The summed E-state index contributed by atoms with van der Waals surface area (Å²) in [6, 6.07) is 0. The van der Waals surface area contributed by atoms with Crippen LogP contribution in [0.3, 0.4) is 0 Å². The number of hydrogen-bond acceptors (Lipinski definition) is 2. The third kappa shape index (κ3) is 1.33. The molecule has 1 fully saturated rings. The summed E-state index contributed by atoms with van der Waals surface area (Å²) < 4.78 is 5.16. The minimum absolute atomic E-state index is 0.206. The molecular formula is C9H16O3. The SMILES string of the molecule is CCC(C)C1(C(=O)O)CCOC1. The maximum Gasteiger partial charge on any atom is 0.312 e. The van der Waals surface area contributed by atoms with Crippen molar-refractivity contribution in [2.75, 3.05) is 13.2 Å². The van der Waals surface area contributed by atoms with E-state index >= 15 is 0 Å². The molecule has 1 heterocycles. The van der Waals surface area contributed by atoms with Gasteiger partial charge in [0.2, 0.25) is 0 Å². The van der Waals surface area contributed by atoms with Crippen molar-refractivity contribution in [3.8, 4) is 0 Å². The van der Waals surface area contributed by atoms with Crippen LogP contribution < -0.4 is 0 Å². The van der Waals surface area contributed by atoms with E-state index in [9.17, 15) is 4.79 Å². The van der Waals surface area contributed by atoms with Gasteiger partial charge in [0.1, 0.15) is 0 Å². The first-order valence-electron chi connectivity index (χ1n) is 4.44. The molecule has 1 saturated heterocycles. The quantitative estimate of drug-likeness (QED) is 0.702. The summed E-state index contributed by atoms with van der Waals surface area (Å²) in [7, 11) is 0. The summed E-state index contributed by atoms with van der Waals surface area (Å²) in [5.74, 6) is -0.494. The van der Waals surface area contributed by atoms with Crippen LogP contribution in [0.25, 0.3) is 0 Å². The lowest BCUT2D eigenvalue weighted by Gasteiger charge is -2.28. The molecule has 2 atom stereocenters. The van der Waals surface area contributed by atoms with Crippen LogP contribution in [0.4, 0.5) is 0 Å². The molecule has 1 rings (SSSR count). The summed E-state index contributed by atoms with van der Waals surface area (Å²) in [5.41, 5.74) is -0.602. The number of carboxylic acids is 1. The van der Waals surface area contributed by atoms with E-state index in [1.165, 1.54) is 0 Å². The normalized spacial score (nSPS) is 31.8. The molecule has 2 unspecified atom stereocenters. The zero-order chi connectivity index (χ0) is 9.19. The van der Waals surface area contributed by atoms with E-state index in [0.29, 0.717) is 19.6 Å². The van der Waals surface area contributed by atoms with Crippen molar-refractivity contribution < 1.29 is 14.6 Å². The smallest absolute Gasteiger partial charge is 0.312 e. The molecular weight excluding hydrogens is 156 g/mol. The largest absolute Gasteiger partial charge is 0.481 e. The van der Waals surface area contributed by atoms with E-state index in [-0.39, 0.29) is 5.92 Å². The highest BCUT2D eigenvalue weighted by molar-refractivity contribution is 5.75. The predicted molar refractivity (Wildman–Crippen MR) is 45.0 cm³/mol. The number of hydrogen-bond donors (Lipinski definition) is 1. The van der Waals surface area contributed by atoms with Crippen LogP contribution in [0.2, 0.25) is 0 Å². The van der Waals surface area contributed by atoms with E-state index in [1.54, 1.807) is 0 Å². The zero-order valence-corrected chi connectivity index (χ0v) is 7.67. The summed E-state index contributed by atoms with van der Waals surface area (Å²) >= 11 is 0. The number of ether oxygens (including phenoxy) is 1. The van der Waals surface area contributed by atoms with Gasteiger partial charge in [-0.15, -0.1) is 0 Å². The van der Waals surface area contributed by atoms with Gasteiger partial charge >= 0.3 is 5.97 Å². The van der Waals surface area contributed by atoms with Crippen LogP contribution in [-0.2, 0) is 9.53 Å². The number of aliphatic carboxylic acids is 1. The van der Waals surface area contributed by atoms with Gasteiger partial charge in [-0.2, -0.15) is 0 Å². The second-order valence-electron chi connectivity index (χ2n) is 3.57. The van der Waals surface area contributed by atoms with Crippen LogP contribution in [0, 0.1) is 11.3 Å². The van der Waals surface area contributed by atoms with E-state index in [1.807, 2.05) is 13.8 Å². The lowest BCUT2D eigenvalue weighted by Crippen LogP contribution is -2.37. The fraction of sp³-hybridized carbons (Fsp3) is 0.889. The average molecular weight is 172 g/mol. The van der Waals surface area contributed by atoms with Crippen LogP contribution in [0.5, 0.6) is 0 Å². The third-order valence-electron chi connectivity index (χ3n) is 3.03. The fourth-order valence-electron chi connectivity index (χ4n) is 1.74. The highest BCUT2D eigenvalue weighted by Gasteiger charge is 2.46. The van der Waals surface area contributed by atoms with Gasteiger partial charge in [-0.25, -0.2) is 0 Å². The lowest BCUT2D eigenvalue weighted by atomic mass is 9.74. The van der Waals surface area contributed by atoms with Crippen molar-refractivity contribution >= 4 is 5.97 Å². The Morgan fingerprint density at radius 3 is 2.75 bits per heavy atom. The van der Waals surface area contributed by atoms with E-state index < -0.39 is 11.4 Å². The second-order valence-corrected chi connectivity index (χ2v) is 3.57. The Hall–Kier alpha value is -0.570. The first-order chi connectivity index (χ1) is 5.63. The van der Waals surface area contributed by atoms with Crippen LogP contribution in [-0.4, -0.2) is 24.3 Å². The topological polar surface area (TPSA) is 46.5 Å². The first kappa shape index (κ1) is 9.52. The highest BCUT2D eigenvalue weighted by Crippen LogP contribution is 2.38. The monoisotopic (exact) mass is 172 g/mol. The highest BCUT2D eigenvalue weighted by atomic mass is 16.5. The Balaban J connectivity index is 2.78. The van der Waals surface area contributed by atoms with E-state index in [0.717, 1.165) is 6.42 Å². The van der Waals surface area contributed by atoms with Crippen LogP contribution in [0.1, 0.15) is 26.7 Å². The van der Waals surface area contributed by atoms with Crippen molar-refractivity contribution in [2.24, 2.45) is 11.3 Å². The van der Waals surface area contributed by atoms with Crippen LogP contribution in [0.15, 0.2) is 0 Å². The van der Waals surface area contributed by atoms with Crippen molar-refractivity contribution in [2.45, 2.75) is 26.7 Å². The van der Waals surface area contributed by atoms with E-state index in [2.05, 4.69) is 0 Å². The van der Waals surface area contributed by atoms with Gasteiger partial charge in [-0.3, -0.25) is 4.79 Å².